The Kier molecular flexibility index (Phi) is 5.62. The highest BCUT2D eigenvalue weighted by molar-refractivity contribution is 5.75. The van der Waals surface area contributed by atoms with Crippen LogP contribution in [0.5, 0.6) is 0 Å². The van der Waals surface area contributed by atoms with Crippen LogP contribution in [0.1, 0.15) is 32.4 Å². The molecule has 6 nitrogen and oxygen atoms in total. The van der Waals surface area contributed by atoms with Crippen molar-refractivity contribution in [2.24, 2.45) is 0 Å². The molecule has 17 heavy (non-hydrogen) atoms. The second-order valence-electron chi connectivity index (χ2n) is 4.20. The van der Waals surface area contributed by atoms with Crippen molar-refractivity contribution < 1.29 is 4.79 Å². The first-order valence-electron chi connectivity index (χ1n) is 5.98. The molecule has 0 aliphatic heterocycles. The lowest BCUT2D eigenvalue weighted by Crippen LogP contribution is -2.35. The Hall–Kier alpha value is -1.43. The van der Waals surface area contributed by atoms with Crippen LogP contribution in [0.2, 0.25) is 0 Å². The fourth-order valence-corrected chi connectivity index (χ4v) is 1.65. The highest BCUT2D eigenvalue weighted by Gasteiger charge is 2.08. The molecule has 0 radical (unpaired) electrons. The third kappa shape index (κ3) is 4.95. The van der Waals surface area contributed by atoms with Crippen molar-refractivity contribution in [2.75, 3.05) is 7.05 Å². The summed E-state index contributed by atoms with van der Waals surface area (Å²) in [6.45, 7) is 5.00. The van der Waals surface area contributed by atoms with E-state index >= 15 is 0 Å². The normalized spacial score (nSPS) is 12.4. The maximum absolute atomic E-state index is 11.6. The molecule has 1 unspecified atom stereocenters. The van der Waals surface area contributed by atoms with Gasteiger partial charge in [0.25, 0.3) is 0 Å². The third-order valence-electron chi connectivity index (χ3n) is 2.38. The first-order chi connectivity index (χ1) is 8.15. The van der Waals surface area contributed by atoms with Gasteiger partial charge in [0.2, 0.25) is 5.91 Å². The highest BCUT2D eigenvalue weighted by atomic mass is 16.2. The lowest BCUT2D eigenvalue weighted by molar-refractivity contribution is -0.122. The molecular formula is C11H21N5O. The van der Waals surface area contributed by atoms with Crippen molar-refractivity contribution in [1.29, 1.82) is 0 Å². The number of carbonyl (C=O) groups is 1. The second kappa shape index (κ2) is 7.01. The molecule has 0 aromatic carbocycles. The molecule has 1 amide bonds. The van der Waals surface area contributed by atoms with E-state index in [-0.39, 0.29) is 18.5 Å². The zero-order chi connectivity index (χ0) is 12.7. The van der Waals surface area contributed by atoms with E-state index < -0.39 is 0 Å². The summed E-state index contributed by atoms with van der Waals surface area (Å²) in [5.41, 5.74) is 0.835. The summed E-state index contributed by atoms with van der Waals surface area (Å²) in [5.74, 6) is -0.0214. The molecule has 0 aliphatic rings. The van der Waals surface area contributed by atoms with Crippen molar-refractivity contribution in [1.82, 2.24) is 25.6 Å². The molecule has 2 N–H and O–H groups in total. The van der Waals surface area contributed by atoms with Gasteiger partial charge in [-0.2, -0.15) is 0 Å². The molecule has 0 saturated carbocycles. The Bertz CT molecular complexity index is 349. The summed E-state index contributed by atoms with van der Waals surface area (Å²) in [6.07, 6.45) is 3.84. The van der Waals surface area contributed by atoms with Gasteiger partial charge in [-0.25, -0.2) is 4.68 Å². The van der Waals surface area contributed by atoms with Crippen LogP contribution < -0.4 is 10.6 Å². The van der Waals surface area contributed by atoms with E-state index in [1.807, 2.05) is 14.0 Å². The van der Waals surface area contributed by atoms with E-state index in [1.165, 1.54) is 0 Å². The number of nitrogens with zero attached hydrogens (tertiary/aromatic N) is 3. The van der Waals surface area contributed by atoms with E-state index in [4.69, 9.17) is 0 Å². The standard InChI is InChI=1S/C11H21N5O/c1-4-5-9(2)13-11(17)8-16-7-10(6-12-3)14-15-16/h7,9,12H,4-6,8H2,1-3H3,(H,13,17). The summed E-state index contributed by atoms with van der Waals surface area (Å²) in [5, 5.41) is 13.7. The van der Waals surface area contributed by atoms with E-state index in [0.29, 0.717) is 6.54 Å². The van der Waals surface area contributed by atoms with Gasteiger partial charge in [-0.1, -0.05) is 18.6 Å². The maximum atomic E-state index is 11.6. The Balaban J connectivity index is 2.39. The predicted molar refractivity (Wildman–Crippen MR) is 65.3 cm³/mol. The Morgan fingerprint density at radius 3 is 3.00 bits per heavy atom. The number of hydrogen-bond donors (Lipinski definition) is 2. The number of aromatic nitrogens is 3. The van der Waals surface area contributed by atoms with Gasteiger partial charge in [-0.3, -0.25) is 4.79 Å². The van der Waals surface area contributed by atoms with Crippen molar-refractivity contribution >= 4 is 5.91 Å². The fraction of sp³-hybridized carbons (Fsp3) is 0.727. The van der Waals surface area contributed by atoms with Crippen LogP contribution in [0.15, 0.2) is 6.20 Å². The lowest BCUT2D eigenvalue weighted by atomic mass is 10.2. The molecule has 0 bridgehead atoms. The number of rotatable bonds is 7. The van der Waals surface area contributed by atoms with Crippen LogP contribution in [0.3, 0.4) is 0 Å². The minimum atomic E-state index is -0.0214. The van der Waals surface area contributed by atoms with Gasteiger partial charge in [0.15, 0.2) is 0 Å². The van der Waals surface area contributed by atoms with Crippen LogP contribution in [0, 0.1) is 0 Å². The quantitative estimate of drug-likeness (QED) is 0.718. The SMILES string of the molecule is CCCC(C)NC(=O)Cn1cc(CNC)nn1. The Morgan fingerprint density at radius 1 is 1.59 bits per heavy atom. The van der Waals surface area contributed by atoms with Crippen molar-refractivity contribution in [3.05, 3.63) is 11.9 Å². The molecule has 96 valence electrons. The number of nitrogens with one attached hydrogen (secondary N) is 2. The lowest BCUT2D eigenvalue weighted by Gasteiger charge is -2.12. The predicted octanol–water partition coefficient (Wildman–Crippen LogP) is 0.302. The van der Waals surface area contributed by atoms with Gasteiger partial charge >= 0.3 is 0 Å². The maximum Gasteiger partial charge on any atom is 0.242 e. The number of amides is 1. The van der Waals surface area contributed by atoms with Gasteiger partial charge in [-0.05, 0) is 20.4 Å². The second-order valence-corrected chi connectivity index (χ2v) is 4.20. The molecule has 0 fully saturated rings. The zero-order valence-electron chi connectivity index (χ0n) is 10.7. The van der Waals surface area contributed by atoms with Crippen molar-refractivity contribution in [3.63, 3.8) is 0 Å². The molecule has 1 rings (SSSR count). The molecule has 1 aromatic rings. The Labute approximate surface area is 102 Å². The first kappa shape index (κ1) is 13.6. The van der Waals surface area contributed by atoms with Gasteiger partial charge in [0.05, 0.1) is 11.9 Å². The number of hydrogen-bond acceptors (Lipinski definition) is 4. The fourth-order valence-electron chi connectivity index (χ4n) is 1.65. The van der Waals surface area contributed by atoms with Gasteiger partial charge < -0.3 is 10.6 Å². The minimum absolute atomic E-state index is 0.0214. The molecule has 1 atom stereocenters. The highest BCUT2D eigenvalue weighted by Crippen LogP contribution is 1.96. The summed E-state index contributed by atoms with van der Waals surface area (Å²) < 4.78 is 1.56. The first-order valence-corrected chi connectivity index (χ1v) is 5.98. The van der Waals surface area contributed by atoms with Crippen LogP contribution in [0.4, 0.5) is 0 Å². The molecule has 0 aliphatic carbocycles. The molecule has 1 heterocycles. The Morgan fingerprint density at radius 2 is 2.35 bits per heavy atom. The van der Waals surface area contributed by atoms with Crippen molar-refractivity contribution in [3.8, 4) is 0 Å². The summed E-state index contributed by atoms with van der Waals surface area (Å²) in [7, 11) is 1.85. The van der Waals surface area contributed by atoms with Crippen molar-refractivity contribution in [2.45, 2.75) is 45.8 Å². The van der Waals surface area contributed by atoms with Gasteiger partial charge in [0.1, 0.15) is 6.54 Å². The average Bonchev–Trinajstić information content (AvgIpc) is 2.66. The largest absolute Gasteiger partial charge is 0.352 e. The summed E-state index contributed by atoms with van der Waals surface area (Å²) >= 11 is 0. The smallest absolute Gasteiger partial charge is 0.242 e. The van der Waals surface area contributed by atoms with E-state index in [1.54, 1.807) is 10.9 Å². The van der Waals surface area contributed by atoms with E-state index in [0.717, 1.165) is 18.5 Å². The zero-order valence-corrected chi connectivity index (χ0v) is 10.7. The molecular weight excluding hydrogens is 218 g/mol. The van der Waals surface area contributed by atoms with Crippen LogP contribution in [-0.4, -0.2) is 34.0 Å². The molecule has 6 heteroatoms. The topological polar surface area (TPSA) is 71.8 Å². The average molecular weight is 239 g/mol. The monoisotopic (exact) mass is 239 g/mol. The molecule has 1 aromatic heterocycles. The summed E-state index contributed by atoms with van der Waals surface area (Å²) in [6, 6.07) is 0.216. The molecule has 0 saturated heterocycles. The van der Waals surface area contributed by atoms with Crippen LogP contribution in [-0.2, 0) is 17.9 Å². The van der Waals surface area contributed by atoms with Gasteiger partial charge in [0, 0.05) is 12.6 Å². The van der Waals surface area contributed by atoms with Crippen LogP contribution in [0.25, 0.3) is 0 Å². The van der Waals surface area contributed by atoms with Gasteiger partial charge in [-0.15, -0.1) is 5.10 Å². The van der Waals surface area contributed by atoms with E-state index in [9.17, 15) is 4.79 Å². The van der Waals surface area contributed by atoms with E-state index in [2.05, 4.69) is 27.9 Å². The third-order valence-corrected chi connectivity index (χ3v) is 2.38. The summed E-state index contributed by atoms with van der Waals surface area (Å²) in [4.78, 5) is 11.6. The number of carbonyl (C=O) groups excluding carboxylic acids is 1. The minimum Gasteiger partial charge on any atom is -0.352 e. The molecule has 0 spiro atoms. The van der Waals surface area contributed by atoms with Crippen LogP contribution >= 0.6 is 0 Å².